The average Bonchev–Trinajstić information content (AvgIpc) is 2.47. The second kappa shape index (κ2) is 7.39. The molecule has 0 aliphatic carbocycles. The fourth-order valence-corrected chi connectivity index (χ4v) is 2.77. The highest BCUT2D eigenvalue weighted by Crippen LogP contribution is 2.18. The Morgan fingerprint density at radius 1 is 1.50 bits per heavy atom. The zero-order chi connectivity index (χ0) is 14.4. The second-order valence-corrected chi connectivity index (χ2v) is 5.87. The van der Waals surface area contributed by atoms with Crippen molar-refractivity contribution in [1.29, 1.82) is 0 Å². The predicted molar refractivity (Wildman–Crippen MR) is 80.5 cm³/mol. The summed E-state index contributed by atoms with van der Waals surface area (Å²) in [6.45, 7) is 6.14. The number of nitrogens with zero attached hydrogens (tertiary/aromatic N) is 1. The molecule has 0 aromatic carbocycles. The number of aromatic nitrogens is 1. The van der Waals surface area contributed by atoms with Crippen LogP contribution in [0.15, 0.2) is 24.5 Å². The minimum absolute atomic E-state index is 0.133. The zero-order valence-corrected chi connectivity index (χ0v) is 12.4. The number of carbonyl (C=O) groups excluding carboxylic acids is 1. The topological polar surface area (TPSA) is 54.0 Å². The lowest BCUT2D eigenvalue weighted by atomic mass is 9.92. The monoisotopic (exact) mass is 275 g/mol. The van der Waals surface area contributed by atoms with Crippen LogP contribution in [0, 0.1) is 5.92 Å². The van der Waals surface area contributed by atoms with Crippen LogP contribution in [0.2, 0.25) is 0 Å². The first-order valence-electron chi connectivity index (χ1n) is 7.57. The van der Waals surface area contributed by atoms with E-state index in [1.807, 2.05) is 12.1 Å². The molecular formula is C16H25N3O. The number of hydrogen-bond acceptors (Lipinski definition) is 3. The van der Waals surface area contributed by atoms with Crippen LogP contribution in [-0.4, -0.2) is 30.0 Å². The van der Waals surface area contributed by atoms with Crippen molar-refractivity contribution < 1.29 is 4.79 Å². The minimum atomic E-state index is 0.133. The molecule has 1 aliphatic heterocycles. The van der Waals surface area contributed by atoms with Crippen molar-refractivity contribution in [1.82, 2.24) is 15.6 Å². The van der Waals surface area contributed by atoms with Gasteiger partial charge in [-0.2, -0.15) is 0 Å². The summed E-state index contributed by atoms with van der Waals surface area (Å²) in [5, 5.41) is 6.55. The van der Waals surface area contributed by atoms with Gasteiger partial charge in [0.2, 0.25) is 5.91 Å². The molecule has 0 radical (unpaired) electrons. The van der Waals surface area contributed by atoms with Crippen LogP contribution in [0.3, 0.4) is 0 Å². The zero-order valence-electron chi connectivity index (χ0n) is 12.4. The maximum atomic E-state index is 12.0. The molecule has 20 heavy (non-hydrogen) atoms. The predicted octanol–water partition coefficient (Wildman–Crippen LogP) is 2.08. The van der Waals surface area contributed by atoms with Crippen molar-refractivity contribution in [3.8, 4) is 0 Å². The van der Waals surface area contributed by atoms with Crippen LogP contribution in [0.1, 0.15) is 44.6 Å². The number of rotatable bonds is 5. The van der Waals surface area contributed by atoms with Crippen molar-refractivity contribution in [3.05, 3.63) is 30.1 Å². The second-order valence-electron chi connectivity index (χ2n) is 5.87. The number of hydrogen-bond donors (Lipinski definition) is 2. The number of amides is 1. The summed E-state index contributed by atoms with van der Waals surface area (Å²) < 4.78 is 0. The van der Waals surface area contributed by atoms with Gasteiger partial charge in [-0.15, -0.1) is 0 Å². The highest BCUT2D eigenvalue weighted by molar-refractivity contribution is 5.76. The maximum Gasteiger partial charge on any atom is 0.220 e. The van der Waals surface area contributed by atoms with E-state index in [2.05, 4.69) is 29.5 Å². The molecule has 1 amide bonds. The van der Waals surface area contributed by atoms with Gasteiger partial charge in [0.15, 0.2) is 0 Å². The quantitative estimate of drug-likeness (QED) is 0.865. The van der Waals surface area contributed by atoms with E-state index < -0.39 is 0 Å². The normalized spacial score (nSPS) is 24.1. The lowest BCUT2D eigenvalue weighted by Crippen LogP contribution is -2.47. The maximum absolute atomic E-state index is 12.0. The van der Waals surface area contributed by atoms with Gasteiger partial charge in [0.1, 0.15) is 0 Å². The molecule has 110 valence electrons. The van der Waals surface area contributed by atoms with Gasteiger partial charge in [-0.25, -0.2) is 0 Å². The summed E-state index contributed by atoms with van der Waals surface area (Å²) in [5.74, 6) is 1.00. The van der Waals surface area contributed by atoms with E-state index in [4.69, 9.17) is 0 Å². The largest absolute Gasteiger partial charge is 0.355 e. The SMILES string of the molecule is C[C@H](CC(=O)NC[C@@H]1NCCC[C@@H]1C)c1ccncc1. The third-order valence-electron chi connectivity index (χ3n) is 4.22. The molecule has 4 heteroatoms. The lowest BCUT2D eigenvalue weighted by molar-refractivity contribution is -0.121. The van der Waals surface area contributed by atoms with Crippen molar-refractivity contribution in [2.75, 3.05) is 13.1 Å². The molecule has 0 saturated carbocycles. The molecular weight excluding hydrogens is 250 g/mol. The molecule has 1 saturated heterocycles. The fraction of sp³-hybridized carbons (Fsp3) is 0.625. The number of piperidine rings is 1. The molecule has 0 unspecified atom stereocenters. The van der Waals surface area contributed by atoms with Gasteiger partial charge < -0.3 is 10.6 Å². The Balaban J connectivity index is 1.75. The van der Waals surface area contributed by atoms with Gasteiger partial charge in [0.25, 0.3) is 0 Å². The van der Waals surface area contributed by atoms with Crippen LogP contribution < -0.4 is 10.6 Å². The Morgan fingerprint density at radius 2 is 2.25 bits per heavy atom. The molecule has 0 spiro atoms. The molecule has 2 heterocycles. The Morgan fingerprint density at radius 3 is 2.95 bits per heavy atom. The fourth-order valence-electron chi connectivity index (χ4n) is 2.77. The summed E-state index contributed by atoms with van der Waals surface area (Å²) in [4.78, 5) is 16.0. The van der Waals surface area contributed by atoms with Gasteiger partial charge >= 0.3 is 0 Å². The molecule has 0 bridgehead atoms. The van der Waals surface area contributed by atoms with E-state index in [1.54, 1.807) is 12.4 Å². The smallest absolute Gasteiger partial charge is 0.220 e. The third kappa shape index (κ3) is 4.30. The number of nitrogens with one attached hydrogen (secondary N) is 2. The third-order valence-corrected chi connectivity index (χ3v) is 4.22. The highest BCUT2D eigenvalue weighted by atomic mass is 16.1. The van der Waals surface area contributed by atoms with Gasteiger partial charge in [0.05, 0.1) is 0 Å². The lowest BCUT2D eigenvalue weighted by Gasteiger charge is -2.30. The summed E-state index contributed by atoms with van der Waals surface area (Å²) in [6.07, 6.45) is 6.57. The van der Waals surface area contributed by atoms with E-state index >= 15 is 0 Å². The van der Waals surface area contributed by atoms with E-state index in [0.717, 1.165) is 13.1 Å². The van der Waals surface area contributed by atoms with Crippen molar-refractivity contribution >= 4 is 5.91 Å². The Kier molecular flexibility index (Phi) is 5.53. The van der Waals surface area contributed by atoms with Gasteiger partial charge in [-0.05, 0) is 48.9 Å². The summed E-state index contributed by atoms with van der Waals surface area (Å²) in [5.41, 5.74) is 1.17. The molecule has 1 aromatic rings. The van der Waals surface area contributed by atoms with Crippen LogP contribution in [0.4, 0.5) is 0 Å². The van der Waals surface area contributed by atoms with Crippen LogP contribution in [0.5, 0.6) is 0 Å². The van der Waals surface area contributed by atoms with E-state index in [0.29, 0.717) is 18.4 Å². The molecule has 1 aliphatic rings. The highest BCUT2D eigenvalue weighted by Gasteiger charge is 2.21. The van der Waals surface area contributed by atoms with Crippen LogP contribution in [0.25, 0.3) is 0 Å². The summed E-state index contributed by atoms with van der Waals surface area (Å²) in [7, 11) is 0. The molecule has 2 rings (SSSR count). The van der Waals surface area contributed by atoms with Crippen LogP contribution >= 0.6 is 0 Å². The molecule has 4 nitrogen and oxygen atoms in total. The van der Waals surface area contributed by atoms with E-state index in [1.165, 1.54) is 18.4 Å². The van der Waals surface area contributed by atoms with E-state index in [9.17, 15) is 4.79 Å². The first-order valence-corrected chi connectivity index (χ1v) is 7.57. The Labute approximate surface area is 121 Å². The minimum Gasteiger partial charge on any atom is -0.355 e. The average molecular weight is 275 g/mol. The molecule has 1 fully saturated rings. The van der Waals surface area contributed by atoms with Crippen LogP contribution in [-0.2, 0) is 4.79 Å². The summed E-state index contributed by atoms with van der Waals surface area (Å²) >= 11 is 0. The van der Waals surface area contributed by atoms with Crippen molar-refractivity contribution in [3.63, 3.8) is 0 Å². The standard InChI is InChI=1S/C16H25N3O/c1-12-4-3-7-18-15(12)11-19-16(20)10-13(2)14-5-8-17-9-6-14/h5-6,8-9,12-13,15,18H,3-4,7,10-11H2,1-2H3,(H,19,20)/t12-,13+,15-/m0/s1. The van der Waals surface area contributed by atoms with Gasteiger partial charge in [-0.3, -0.25) is 9.78 Å². The van der Waals surface area contributed by atoms with Gasteiger partial charge in [0, 0.05) is 31.4 Å². The Hall–Kier alpha value is -1.42. The van der Waals surface area contributed by atoms with Crippen molar-refractivity contribution in [2.24, 2.45) is 5.92 Å². The first-order chi connectivity index (χ1) is 9.66. The first kappa shape index (κ1) is 15.0. The van der Waals surface area contributed by atoms with E-state index in [-0.39, 0.29) is 11.8 Å². The number of pyridine rings is 1. The van der Waals surface area contributed by atoms with Gasteiger partial charge in [-0.1, -0.05) is 13.8 Å². The summed E-state index contributed by atoms with van der Waals surface area (Å²) in [6, 6.07) is 4.37. The Bertz CT molecular complexity index is 421. The molecule has 1 aromatic heterocycles. The molecule has 3 atom stereocenters. The molecule has 2 N–H and O–H groups in total. The van der Waals surface area contributed by atoms with Crippen molar-refractivity contribution in [2.45, 2.75) is 45.1 Å². The number of carbonyl (C=O) groups is 1.